The first-order valence-electron chi connectivity index (χ1n) is 5.71. The first kappa shape index (κ1) is 17.5. The molecule has 2 N–H and O–H groups in total. The maximum Gasteiger partial charge on any atom is 0.406 e. The van der Waals surface area contributed by atoms with E-state index in [9.17, 15) is 22.8 Å². The van der Waals surface area contributed by atoms with Crippen molar-refractivity contribution in [3.05, 3.63) is 0 Å². The van der Waals surface area contributed by atoms with E-state index in [2.05, 4.69) is 5.32 Å². The molecule has 0 atom stereocenters. The van der Waals surface area contributed by atoms with Gasteiger partial charge >= 0.3 is 18.2 Å². The maximum atomic E-state index is 12.4. The number of carboxylic acid groups (broad SMARTS) is 1. The van der Waals surface area contributed by atoms with Crippen LogP contribution in [0.15, 0.2) is 0 Å². The summed E-state index contributed by atoms with van der Waals surface area (Å²) in [4.78, 5) is 23.0. The quantitative estimate of drug-likeness (QED) is 0.813. The molecule has 0 unspecified atom stereocenters. The van der Waals surface area contributed by atoms with Crippen LogP contribution in [0.2, 0.25) is 0 Å². The number of rotatable bonds is 5. The first-order chi connectivity index (χ1) is 8.34. The van der Waals surface area contributed by atoms with E-state index in [4.69, 9.17) is 5.11 Å². The van der Waals surface area contributed by atoms with Crippen LogP contribution in [-0.4, -0.2) is 46.3 Å². The van der Waals surface area contributed by atoms with Gasteiger partial charge in [0.05, 0.1) is 6.42 Å². The summed E-state index contributed by atoms with van der Waals surface area (Å²) in [6.45, 7) is 4.40. The van der Waals surface area contributed by atoms with Crippen LogP contribution in [-0.2, 0) is 4.79 Å². The topological polar surface area (TPSA) is 69.6 Å². The molecule has 112 valence electrons. The fourth-order valence-electron chi connectivity index (χ4n) is 1.47. The highest BCUT2D eigenvalue weighted by molar-refractivity contribution is 5.77. The number of carbonyl (C=O) groups is 2. The minimum Gasteiger partial charge on any atom is -0.481 e. The van der Waals surface area contributed by atoms with Crippen molar-refractivity contribution in [2.24, 2.45) is 0 Å². The Morgan fingerprint density at radius 1 is 1.26 bits per heavy atom. The number of hydrogen-bond donors (Lipinski definition) is 2. The largest absolute Gasteiger partial charge is 0.481 e. The van der Waals surface area contributed by atoms with Gasteiger partial charge in [0.2, 0.25) is 0 Å². The lowest BCUT2D eigenvalue weighted by atomic mass is 10.0. The summed E-state index contributed by atoms with van der Waals surface area (Å²) in [7, 11) is 0. The van der Waals surface area contributed by atoms with Gasteiger partial charge < -0.3 is 15.3 Å². The molecule has 5 nitrogen and oxygen atoms in total. The normalized spacial score (nSPS) is 12.4. The third kappa shape index (κ3) is 7.53. The van der Waals surface area contributed by atoms with Gasteiger partial charge in [-0.25, -0.2) is 4.79 Å². The van der Waals surface area contributed by atoms with Crippen molar-refractivity contribution in [3.63, 3.8) is 0 Å². The highest BCUT2D eigenvalue weighted by Crippen LogP contribution is 2.19. The van der Waals surface area contributed by atoms with Crippen molar-refractivity contribution in [3.8, 4) is 0 Å². The molecule has 0 aliphatic heterocycles. The Labute approximate surface area is 109 Å². The van der Waals surface area contributed by atoms with Crippen molar-refractivity contribution < 1.29 is 27.9 Å². The minimum atomic E-state index is -4.50. The summed E-state index contributed by atoms with van der Waals surface area (Å²) in [5.41, 5.74) is -1.12. The van der Waals surface area contributed by atoms with Gasteiger partial charge in [-0.3, -0.25) is 4.79 Å². The predicted molar refractivity (Wildman–Crippen MR) is 62.8 cm³/mol. The summed E-state index contributed by atoms with van der Waals surface area (Å²) in [5.74, 6) is -1.14. The van der Waals surface area contributed by atoms with Crippen LogP contribution >= 0.6 is 0 Å². The molecule has 0 rings (SSSR count). The Morgan fingerprint density at radius 3 is 2.05 bits per heavy atom. The number of nitrogens with one attached hydrogen (secondary N) is 1. The van der Waals surface area contributed by atoms with Crippen molar-refractivity contribution >= 4 is 12.0 Å². The molecule has 2 amide bonds. The van der Waals surface area contributed by atoms with Gasteiger partial charge in [-0.2, -0.15) is 13.2 Å². The Hall–Kier alpha value is -1.47. The summed E-state index contributed by atoms with van der Waals surface area (Å²) in [5, 5.41) is 10.9. The fourth-order valence-corrected chi connectivity index (χ4v) is 1.47. The third-order valence-electron chi connectivity index (χ3n) is 2.27. The zero-order valence-electron chi connectivity index (χ0n) is 11.3. The van der Waals surface area contributed by atoms with Crippen LogP contribution in [0.3, 0.4) is 0 Å². The summed E-state index contributed by atoms with van der Waals surface area (Å²) < 4.78 is 37.1. The molecule has 0 bridgehead atoms. The van der Waals surface area contributed by atoms with Crippen LogP contribution in [0.25, 0.3) is 0 Å². The van der Waals surface area contributed by atoms with Gasteiger partial charge in [-0.15, -0.1) is 0 Å². The molecule has 0 aromatic rings. The Kier molecular flexibility index (Phi) is 5.64. The second-order valence-electron chi connectivity index (χ2n) is 5.22. The van der Waals surface area contributed by atoms with E-state index in [0.29, 0.717) is 4.90 Å². The number of nitrogens with zero attached hydrogens (tertiary/aromatic N) is 1. The number of amides is 2. The van der Waals surface area contributed by atoms with E-state index >= 15 is 0 Å². The van der Waals surface area contributed by atoms with Gasteiger partial charge in [0.15, 0.2) is 0 Å². The molecule has 0 aromatic heterocycles. The standard InChI is InChI=1S/C11H19F3N2O3/c1-7(2)16(6-11(12,13)14)9(19)15-10(3,4)5-8(17)18/h7H,5-6H2,1-4H3,(H,15,19)(H,17,18). The highest BCUT2D eigenvalue weighted by atomic mass is 19.4. The SMILES string of the molecule is CC(C)N(CC(F)(F)F)C(=O)NC(C)(C)CC(=O)O. The molecule has 0 saturated heterocycles. The molecule has 19 heavy (non-hydrogen) atoms. The van der Waals surface area contributed by atoms with Crippen LogP contribution in [0.1, 0.15) is 34.1 Å². The van der Waals surface area contributed by atoms with Gasteiger partial charge in [0.25, 0.3) is 0 Å². The number of aliphatic carboxylic acids is 1. The van der Waals surface area contributed by atoms with E-state index in [1.807, 2.05) is 0 Å². The zero-order valence-corrected chi connectivity index (χ0v) is 11.3. The lowest BCUT2D eigenvalue weighted by Crippen LogP contribution is -2.54. The lowest BCUT2D eigenvalue weighted by molar-refractivity contribution is -0.143. The molecule has 0 fully saturated rings. The Balaban J connectivity index is 4.79. The highest BCUT2D eigenvalue weighted by Gasteiger charge is 2.36. The van der Waals surface area contributed by atoms with Gasteiger partial charge in [-0.05, 0) is 27.7 Å². The van der Waals surface area contributed by atoms with Crippen molar-refractivity contribution in [1.29, 1.82) is 0 Å². The van der Waals surface area contributed by atoms with Gasteiger partial charge in [0.1, 0.15) is 6.54 Å². The molecule has 0 aliphatic carbocycles. The number of carboxylic acids is 1. The first-order valence-corrected chi connectivity index (χ1v) is 5.71. The van der Waals surface area contributed by atoms with E-state index in [1.165, 1.54) is 27.7 Å². The number of urea groups is 1. The Bertz CT molecular complexity index is 341. The predicted octanol–water partition coefficient (Wildman–Crippen LogP) is 2.22. The molecule has 0 spiro atoms. The molecular weight excluding hydrogens is 265 g/mol. The van der Waals surface area contributed by atoms with E-state index < -0.39 is 36.3 Å². The van der Waals surface area contributed by atoms with E-state index in [1.54, 1.807) is 0 Å². The van der Waals surface area contributed by atoms with Crippen LogP contribution in [0.4, 0.5) is 18.0 Å². The zero-order chi connectivity index (χ0) is 15.4. The van der Waals surface area contributed by atoms with Crippen LogP contribution < -0.4 is 5.32 Å². The average molecular weight is 284 g/mol. The summed E-state index contributed by atoms with van der Waals surface area (Å²) in [6, 6.07) is -1.58. The number of halogens is 3. The van der Waals surface area contributed by atoms with Crippen LogP contribution in [0, 0.1) is 0 Å². The smallest absolute Gasteiger partial charge is 0.406 e. The molecular formula is C11H19F3N2O3. The monoisotopic (exact) mass is 284 g/mol. The van der Waals surface area contributed by atoms with Crippen molar-refractivity contribution in [2.45, 2.75) is 51.9 Å². The second-order valence-corrected chi connectivity index (χ2v) is 5.22. The van der Waals surface area contributed by atoms with E-state index in [0.717, 1.165) is 0 Å². The fraction of sp³-hybridized carbons (Fsp3) is 0.818. The number of carbonyl (C=O) groups excluding carboxylic acids is 1. The average Bonchev–Trinajstić information content (AvgIpc) is 2.08. The molecule has 0 aliphatic rings. The number of hydrogen-bond acceptors (Lipinski definition) is 2. The summed E-state index contributed by atoms with van der Waals surface area (Å²) >= 11 is 0. The van der Waals surface area contributed by atoms with Crippen molar-refractivity contribution in [2.75, 3.05) is 6.54 Å². The molecule has 0 heterocycles. The molecule has 0 aromatic carbocycles. The molecule has 0 saturated carbocycles. The summed E-state index contributed by atoms with van der Waals surface area (Å²) in [6.07, 6.45) is -4.88. The Morgan fingerprint density at radius 2 is 1.74 bits per heavy atom. The van der Waals surface area contributed by atoms with Crippen molar-refractivity contribution in [1.82, 2.24) is 10.2 Å². The lowest BCUT2D eigenvalue weighted by Gasteiger charge is -2.32. The maximum absolute atomic E-state index is 12.4. The number of alkyl halides is 3. The van der Waals surface area contributed by atoms with Gasteiger partial charge in [0, 0.05) is 11.6 Å². The third-order valence-corrected chi connectivity index (χ3v) is 2.27. The molecule has 8 heteroatoms. The van der Waals surface area contributed by atoms with E-state index in [-0.39, 0.29) is 6.42 Å². The van der Waals surface area contributed by atoms with Crippen LogP contribution in [0.5, 0.6) is 0 Å². The van der Waals surface area contributed by atoms with Gasteiger partial charge in [-0.1, -0.05) is 0 Å². The second kappa shape index (κ2) is 6.12. The molecule has 0 radical (unpaired) electrons. The minimum absolute atomic E-state index is 0.378.